The van der Waals surface area contributed by atoms with Gasteiger partial charge in [-0.15, -0.1) is 24.8 Å². The molecule has 140 valence electrons. The molecule has 1 heterocycles. The molecule has 0 spiro atoms. The highest BCUT2D eigenvalue weighted by Gasteiger charge is 2.25. The Labute approximate surface area is 166 Å². The number of ether oxygens (including phenoxy) is 2. The summed E-state index contributed by atoms with van der Waals surface area (Å²) in [5, 5.41) is 3.43. The van der Waals surface area contributed by atoms with Gasteiger partial charge in [-0.05, 0) is 46.0 Å². The van der Waals surface area contributed by atoms with Crippen LogP contribution in [0.4, 0.5) is 0 Å². The number of nitrogens with one attached hydrogen (secondary N) is 1. The van der Waals surface area contributed by atoms with Crippen molar-refractivity contribution in [2.24, 2.45) is 5.92 Å². The van der Waals surface area contributed by atoms with E-state index in [-0.39, 0.29) is 24.8 Å². The molecule has 0 bridgehead atoms. The van der Waals surface area contributed by atoms with Crippen LogP contribution < -0.4 is 14.8 Å². The first-order valence-electron chi connectivity index (χ1n) is 7.93. The molecule has 0 saturated carbocycles. The highest BCUT2D eigenvalue weighted by atomic mass is 79.9. The second-order valence-electron chi connectivity index (χ2n) is 6.17. The normalized spacial score (nSPS) is 16.1. The molecular weight excluding hydrogens is 415 g/mol. The predicted octanol–water partition coefficient (Wildman–Crippen LogP) is 4.30. The summed E-state index contributed by atoms with van der Waals surface area (Å²) in [7, 11) is 3.40. The zero-order chi connectivity index (χ0) is 16.1. The average Bonchev–Trinajstić information content (AvgIpc) is 2.53. The largest absolute Gasteiger partial charge is 0.495 e. The molecular formula is C17H29BrCl2N2O2. The summed E-state index contributed by atoms with van der Waals surface area (Å²) in [6.45, 7) is 8.83. The number of piperazine rings is 1. The third-order valence-electron chi connectivity index (χ3n) is 4.14. The van der Waals surface area contributed by atoms with Crippen molar-refractivity contribution in [3.05, 3.63) is 22.2 Å². The van der Waals surface area contributed by atoms with Crippen molar-refractivity contribution in [3.63, 3.8) is 0 Å². The minimum Gasteiger partial charge on any atom is -0.495 e. The molecule has 1 aromatic rings. The topological polar surface area (TPSA) is 33.7 Å². The Morgan fingerprint density at radius 3 is 2.00 bits per heavy atom. The maximum Gasteiger partial charge on any atom is 0.137 e. The lowest BCUT2D eigenvalue weighted by Crippen LogP contribution is -2.45. The van der Waals surface area contributed by atoms with Crippen molar-refractivity contribution in [3.8, 4) is 11.5 Å². The smallest absolute Gasteiger partial charge is 0.137 e. The van der Waals surface area contributed by atoms with E-state index in [1.54, 1.807) is 14.2 Å². The second kappa shape index (κ2) is 11.4. The standard InChI is InChI=1S/C17H27BrN2O2.2ClH/c1-12(2)9-14(20-7-5-19-6-8-20)13-10-15(21-3)17(18)16(11-13)22-4;;/h10-12,14,19H,5-9H2,1-4H3;2*1H/t14-;;/m0../s1. The monoisotopic (exact) mass is 442 g/mol. The first kappa shape index (κ1) is 23.8. The van der Waals surface area contributed by atoms with E-state index in [9.17, 15) is 0 Å². The van der Waals surface area contributed by atoms with E-state index in [4.69, 9.17) is 9.47 Å². The Kier molecular flexibility index (Phi) is 11.3. The summed E-state index contributed by atoms with van der Waals surface area (Å²) in [4.78, 5) is 2.57. The van der Waals surface area contributed by atoms with Crippen LogP contribution in [-0.2, 0) is 0 Å². The van der Waals surface area contributed by atoms with E-state index in [0.717, 1.165) is 48.6 Å². The minimum absolute atomic E-state index is 0. The average molecular weight is 444 g/mol. The van der Waals surface area contributed by atoms with Gasteiger partial charge >= 0.3 is 0 Å². The minimum atomic E-state index is 0. The summed E-state index contributed by atoms with van der Waals surface area (Å²) in [5.74, 6) is 2.30. The van der Waals surface area contributed by atoms with E-state index in [2.05, 4.69) is 52.1 Å². The maximum atomic E-state index is 5.51. The summed E-state index contributed by atoms with van der Waals surface area (Å²) in [5.41, 5.74) is 1.27. The Morgan fingerprint density at radius 2 is 1.58 bits per heavy atom. The van der Waals surface area contributed by atoms with Crippen molar-refractivity contribution in [1.29, 1.82) is 0 Å². The molecule has 1 aliphatic rings. The lowest BCUT2D eigenvalue weighted by molar-refractivity contribution is 0.153. The Morgan fingerprint density at radius 1 is 1.08 bits per heavy atom. The number of methoxy groups -OCH3 is 2. The van der Waals surface area contributed by atoms with Gasteiger partial charge < -0.3 is 14.8 Å². The van der Waals surface area contributed by atoms with Crippen molar-refractivity contribution in [1.82, 2.24) is 10.2 Å². The summed E-state index contributed by atoms with van der Waals surface area (Å²) in [6, 6.07) is 4.68. The molecule has 1 aromatic carbocycles. The van der Waals surface area contributed by atoms with E-state index in [0.29, 0.717) is 12.0 Å². The fraction of sp³-hybridized carbons (Fsp3) is 0.647. The molecule has 1 fully saturated rings. The lowest BCUT2D eigenvalue weighted by Gasteiger charge is -2.36. The van der Waals surface area contributed by atoms with Crippen LogP contribution in [0.25, 0.3) is 0 Å². The van der Waals surface area contributed by atoms with Crippen molar-refractivity contribution in [2.45, 2.75) is 26.3 Å². The quantitative estimate of drug-likeness (QED) is 0.710. The summed E-state index contributed by atoms with van der Waals surface area (Å²) < 4.78 is 11.9. The van der Waals surface area contributed by atoms with E-state index >= 15 is 0 Å². The fourth-order valence-electron chi connectivity index (χ4n) is 3.02. The molecule has 7 heteroatoms. The van der Waals surface area contributed by atoms with Crippen LogP contribution in [0.2, 0.25) is 0 Å². The molecule has 2 rings (SSSR count). The Hall–Kier alpha value is -0.200. The summed E-state index contributed by atoms with van der Waals surface area (Å²) in [6.07, 6.45) is 1.13. The van der Waals surface area contributed by atoms with Gasteiger partial charge in [-0.2, -0.15) is 0 Å². The van der Waals surface area contributed by atoms with Crippen LogP contribution in [0.5, 0.6) is 11.5 Å². The van der Waals surface area contributed by atoms with Gasteiger partial charge in [0.25, 0.3) is 0 Å². The third-order valence-corrected chi connectivity index (χ3v) is 4.92. The number of halogens is 3. The molecule has 1 aliphatic heterocycles. The van der Waals surface area contributed by atoms with Gasteiger partial charge in [-0.1, -0.05) is 13.8 Å². The number of hydrogen-bond acceptors (Lipinski definition) is 4. The zero-order valence-electron chi connectivity index (χ0n) is 14.8. The predicted molar refractivity (Wildman–Crippen MR) is 108 cm³/mol. The molecule has 0 amide bonds. The van der Waals surface area contributed by atoms with E-state index < -0.39 is 0 Å². The van der Waals surface area contributed by atoms with Crippen LogP contribution in [0.1, 0.15) is 31.9 Å². The molecule has 0 radical (unpaired) electrons. The van der Waals surface area contributed by atoms with E-state index in [1.807, 2.05) is 0 Å². The van der Waals surface area contributed by atoms with Gasteiger partial charge in [0.2, 0.25) is 0 Å². The lowest BCUT2D eigenvalue weighted by atomic mass is 9.94. The highest BCUT2D eigenvalue weighted by molar-refractivity contribution is 9.10. The van der Waals surface area contributed by atoms with Crippen LogP contribution in [-0.4, -0.2) is 45.3 Å². The van der Waals surface area contributed by atoms with Crippen LogP contribution in [0.3, 0.4) is 0 Å². The Balaban J connectivity index is 0.00000264. The first-order valence-corrected chi connectivity index (χ1v) is 8.72. The molecule has 0 aliphatic carbocycles. The fourth-order valence-corrected chi connectivity index (χ4v) is 3.57. The highest BCUT2D eigenvalue weighted by Crippen LogP contribution is 2.40. The van der Waals surface area contributed by atoms with Gasteiger partial charge in [0.05, 0.1) is 14.2 Å². The molecule has 1 saturated heterocycles. The zero-order valence-corrected chi connectivity index (χ0v) is 18.0. The van der Waals surface area contributed by atoms with E-state index in [1.165, 1.54) is 5.56 Å². The van der Waals surface area contributed by atoms with Gasteiger partial charge in [0, 0.05) is 32.2 Å². The summed E-state index contributed by atoms with van der Waals surface area (Å²) >= 11 is 3.56. The van der Waals surface area contributed by atoms with Crippen molar-refractivity contribution >= 4 is 40.7 Å². The molecule has 0 aromatic heterocycles. The third kappa shape index (κ3) is 5.95. The maximum absolute atomic E-state index is 5.51. The number of rotatable bonds is 6. The molecule has 1 atom stereocenters. The SMILES string of the molecule is COc1cc([C@H](CC(C)C)N2CCNCC2)cc(OC)c1Br.Cl.Cl. The molecule has 1 N–H and O–H groups in total. The van der Waals surface area contributed by atoms with Crippen molar-refractivity contribution < 1.29 is 9.47 Å². The molecule has 0 unspecified atom stereocenters. The van der Waals surface area contributed by atoms with Gasteiger partial charge in [-0.25, -0.2) is 0 Å². The number of nitrogens with zero attached hydrogens (tertiary/aromatic N) is 1. The van der Waals surface area contributed by atoms with Crippen molar-refractivity contribution in [2.75, 3.05) is 40.4 Å². The van der Waals surface area contributed by atoms with Gasteiger partial charge in [0.1, 0.15) is 16.0 Å². The van der Waals surface area contributed by atoms with Gasteiger partial charge in [-0.3, -0.25) is 4.90 Å². The van der Waals surface area contributed by atoms with Crippen LogP contribution in [0, 0.1) is 5.92 Å². The molecule has 4 nitrogen and oxygen atoms in total. The molecule has 24 heavy (non-hydrogen) atoms. The number of hydrogen-bond donors (Lipinski definition) is 1. The second-order valence-corrected chi connectivity index (χ2v) is 6.96. The Bertz CT molecular complexity index is 472. The van der Waals surface area contributed by atoms with Crippen LogP contribution >= 0.6 is 40.7 Å². The first-order chi connectivity index (χ1) is 10.6. The number of benzene rings is 1. The van der Waals surface area contributed by atoms with Gasteiger partial charge in [0.15, 0.2) is 0 Å². The van der Waals surface area contributed by atoms with Crippen LogP contribution in [0.15, 0.2) is 16.6 Å².